The highest BCUT2D eigenvalue weighted by Gasteiger charge is 2.17. The van der Waals surface area contributed by atoms with Crippen LogP contribution in [0.25, 0.3) is 0 Å². The zero-order valence-electron chi connectivity index (χ0n) is 11.0. The van der Waals surface area contributed by atoms with Crippen molar-refractivity contribution in [2.45, 2.75) is 30.3 Å². The van der Waals surface area contributed by atoms with Crippen LogP contribution in [-0.4, -0.2) is 5.75 Å². The fourth-order valence-electron chi connectivity index (χ4n) is 2.36. The highest BCUT2D eigenvalue weighted by atomic mass is 79.9. The minimum Gasteiger partial charge on any atom is -0.157 e. The molecule has 0 nitrogen and oxygen atoms in total. The molecule has 1 aliphatic rings. The Morgan fingerprint density at radius 3 is 2.79 bits per heavy atom. The van der Waals surface area contributed by atoms with Gasteiger partial charge in [-0.15, -0.1) is 11.3 Å². The summed E-state index contributed by atoms with van der Waals surface area (Å²) in [6.07, 6.45) is 2.34. The van der Waals surface area contributed by atoms with Crippen molar-refractivity contribution in [2.24, 2.45) is 0 Å². The minimum atomic E-state index is 0.454. The second kappa shape index (κ2) is 6.02. The molecular formula is C16H17BrS2. The van der Waals surface area contributed by atoms with E-state index >= 15 is 0 Å². The SMILES string of the molecule is Cc1ccc(CC(Br)c2cc3c(s2)CCSC3)cc1. The first kappa shape index (κ1) is 13.7. The van der Waals surface area contributed by atoms with E-state index in [0.717, 1.165) is 6.42 Å². The maximum absolute atomic E-state index is 3.87. The van der Waals surface area contributed by atoms with Crippen LogP contribution in [-0.2, 0) is 18.6 Å². The van der Waals surface area contributed by atoms with Crippen LogP contribution < -0.4 is 0 Å². The van der Waals surface area contributed by atoms with Gasteiger partial charge in [0.25, 0.3) is 0 Å². The average molecular weight is 353 g/mol. The second-order valence-corrected chi connectivity index (χ2v) is 8.44. The summed E-state index contributed by atoms with van der Waals surface area (Å²) in [6.45, 7) is 2.14. The molecule has 100 valence electrons. The van der Waals surface area contributed by atoms with Gasteiger partial charge in [0.05, 0.1) is 4.83 Å². The highest BCUT2D eigenvalue weighted by molar-refractivity contribution is 9.09. The van der Waals surface area contributed by atoms with E-state index in [4.69, 9.17) is 0 Å². The van der Waals surface area contributed by atoms with Crippen LogP contribution in [0.4, 0.5) is 0 Å². The van der Waals surface area contributed by atoms with Gasteiger partial charge in [0, 0.05) is 15.5 Å². The summed E-state index contributed by atoms with van der Waals surface area (Å²) in [5.41, 5.74) is 4.32. The highest BCUT2D eigenvalue weighted by Crippen LogP contribution is 2.38. The topological polar surface area (TPSA) is 0 Å². The van der Waals surface area contributed by atoms with E-state index < -0.39 is 0 Å². The molecule has 0 fully saturated rings. The molecule has 0 aliphatic carbocycles. The van der Waals surface area contributed by atoms with Crippen molar-refractivity contribution in [1.82, 2.24) is 0 Å². The number of rotatable bonds is 3. The van der Waals surface area contributed by atoms with Crippen LogP contribution in [0.3, 0.4) is 0 Å². The maximum Gasteiger partial charge on any atom is 0.0529 e. The van der Waals surface area contributed by atoms with Gasteiger partial charge in [-0.25, -0.2) is 0 Å². The van der Waals surface area contributed by atoms with Crippen LogP contribution in [0.1, 0.15) is 31.3 Å². The molecule has 0 saturated heterocycles. The molecule has 0 amide bonds. The monoisotopic (exact) mass is 352 g/mol. The Kier molecular flexibility index (Phi) is 4.35. The van der Waals surface area contributed by atoms with Crippen molar-refractivity contribution in [3.8, 4) is 0 Å². The zero-order valence-corrected chi connectivity index (χ0v) is 14.2. The fraction of sp³-hybridized carbons (Fsp3) is 0.375. The van der Waals surface area contributed by atoms with E-state index in [1.165, 1.54) is 33.9 Å². The van der Waals surface area contributed by atoms with Crippen molar-refractivity contribution in [2.75, 3.05) is 5.75 Å². The molecule has 2 aromatic rings. The predicted molar refractivity (Wildman–Crippen MR) is 90.7 cm³/mol. The normalized spacial score (nSPS) is 16.1. The third-order valence-corrected chi connectivity index (χ3v) is 6.97. The first-order chi connectivity index (χ1) is 9.22. The molecule has 0 spiro atoms. The third kappa shape index (κ3) is 3.26. The van der Waals surface area contributed by atoms with E-state index in [-0.39, 0.29) is 0 Å². The van der Waals surface area contributed by atoms with Gasteiger partial charge in [-0.3, -0.25) is 0 Å². The molecule has 1 atom stereocenters. The zero-order chi connectivity index (χ0) is 13.2. The Labute approximate surface area is 131 Å². The number of hydrogen-bond acceptors (Lipinski definition) is 2. The van der Waals surface area contributed by atoms with E-state index in [9.17, 15) is 0 Å². The Hall–Kier alpha value is -0.250. The van der Waals surface area contributed by atoms with E-state index in [2.05, 4.69) is 64.9 Å². The molecule has 19 heavy (non-hydrogen) atoms. The lowest BCUT2D eigenvalue weighted by Crippen LogP contribution is -1.96. The first-order valence-corrected chi connectivity index (χ1v) is 9.50. The van der Waals surface area contributed by atoms with Gasteiger partial charge < -0.3 is 0 Å². The van der Waals surface area contributed by atoms with Crippen LogP contribution in [0.15, 0.2) is 30.3 Å². The molecule has 0 radical (unpaired) electrons. The molecule has 2 heterocycles. The van der Waals surface area contributed by atoms with Gasteiger partial charge in [-0.05, 0) is 42.7 Å². The number of hydrogen-bond donors (Lipinski definition) is 0. The summed E-state index contributed by atoms with van der Waals surface area (Å²) >= 11 is 7.94. The summed E-state index contributed by atoms with van der Waals surface area (Å²) in [4.78, 5) is 3.56. The van der Waals surface area contributed by atoms with Gasteiger partial charge >= 0.3 is 0 Å². The number of thioether (sulfide) groups is 1. The van der Waals surface area contributed by atoms with Crippen molar-refractivity contribution < 1.29 is 0 Å². The Morgan fingerprint density at radius 2 is 2.05 bits per heavy atom. The van der Waals surface area contributed by atoms with Gasteiger partial charge in [0.1, 0.15) is 0 Å². The maximum atomic E-state index is 3.87. The van der Waals surface area contributed by atoms with Crippen LogP contribution in [0.5, 0.6) is 0 Å². The van der Waals surface area contributed by atoms with Gasteiger partial charge in [0.15, 0.2) is 0 Å². The van der Waals surface area contributed by atoms with Crippen molar-refractivity contribution in [1.29, 1.82) is 0 Å². The third-order valence-electron chi connectivity index (χ3n) is 3.49. The molecule has 1 aromatic heterocycles. The average Bonchev–Trinajstić information content (AvgIpc) is 2.85. The summed E-state index contributed by atoms with van der Waals surface area (Å²) in [6, 6.07) is 11.3. The van der Waals surface area contributed by atoms with Crippen molar-refractivity contribution in [3.05, 3.63) is 56.8 Å². The minimum absolute atomic E-state index is 0.454. The number of thiophene rings is 1. The van der Waals surface area contributed by atoms with Crippen molar-refractivity contribution >= 4 is 39.0 Å². The van der Waals surface area contributed by atoms with E-state index in [1.807, 2.05) is 11.3 Å². The molecule has 1 aromatic carbocycles. The summed E-state index contributed by atoms with van der Waals surface area (Å²) in [7, 11) is 0. The van der Waals surface area contributed by atoms with Crippen LogP contribution in [0.2, 0.25) is 0 Å². The molecule has 3 heteroatoms. The number of halogens is 1. The quantitative estimate of drug-likeness (QED) is 0.654. The molecular weight excluding hydrogens is 336 g/mol. The molecule has 1 aliphatic heterocycles. The predicted octanol–water partition coefficient (Wildman–Crippen LogP) is 5.52. The van der Waals surface area contributed by atoms with Gasteiger partial charge in [-0.1, -0.05) is 45.8 Å². The number of benzene rings is 1. The lowest BCUT2D eigenvalue weighted by atomic mass is 10.1. The van der Waals surface area contributed by atoms with Crippen LogP contribution >= 0.6 is 39.0 Å². The second-order valence-electron chi connectivity index (χ2n) is 5.06. The standard InChI is InChI=1S/C16H17BrS2/c1-11-2-4-12(5-3-11)8-14(17)16-9-13-10-18-7-6-15(13)19-16/h2-5,9,14H,6-8,10H2,1H3. The molecule has 0 N–H and O–H groups in total. The van der Waals surface area contributed by atoms with Crippen molar-refractivity contribution in [3.63, 3.8) is 0 Å². The van der Waals surface area contributed by atoms with Crippen LogP contribution in [0, 0.1) is 6.92 Å². The molecule has 3 rings (SSSR count). The summed E-state index contributed by atoms with van der Waals surface area (Å²) in [5.74, 6) is 2.49. The van der Waals surface area contributed by atoms with E-state index in [1.54, 1.807) is 10.4 Å². The molecule has 0 saturated carbocycles. The summed E-state index contributed by atoms with van der Waals surface area (Å²) in [5, 5.41) is 0. The van der Waals surface area contributed by atoms with E-state index in [0.29, 0.717) is 4.83 Å². The fourth-order valence-corrected chi connectivity index (χ4v) is 5.50. The van der Waals surface area contributed by atoms with Gasteiger partial charge in [0.2, 0.25) is 0 Å². The Bertz CT molecular complexity index is 533. The first-order valence-electron chi connectivity index (χ1n) is 6.61. The number of fused-ring (bicyclic) bond motifs is 1. The lowest BCUT2D eigenvalue weighted by molar-refractivity contribution is 0.967. The number of aryl methyl sites for hydroxylation is 2. The smallest absolute Gasteiger partial charge is 0.0529 e. The Morgan fingerprint density at radius 1 is 1.26 bits per heavy atom. The molecule has 1 unspecified atom stereocenters. The molecule has 0 bridgehead atoms. The van der Waals surface area contributed by atoms with Gasteiger partial charge in [-0.2, -0.15) is 11.8 Å². The summed E-state index contributed by atoms with van der Waals surface area (Å²) < 4.78 is 0. The lowest BCUT2D eigenvalue weighted by Gasteiger charge is -2.08. The number of alkyl halides is 1. The Balaban J connectivity index is 1.74. The largest absolute Gasteiger partial charge is 0.157 e.